The number of furan rings is 1. The second-order valence-corrected chi connectivity index (χ2v) is 5.36. The topological polar surface area (TPSA) is 34.4 Å². The van der Waals surface area contributed by atoms with Gasteiger partial charge in [0.25, 0.3) is 0 Å². The van der Waals surface area contributed by atoms with Gasteiger partial charge < -0.3 is 14.5 Å². The molecule has 2 rings (SSSR count). The van der Waals surface area contributed by atoms with E-state index in [-0.39, 0.29) is 0 Å². The van der Waals surface area contributed by atoms with Crippen molar-refractivity contribution < 1.29 is 9.15 Å². The van der Waals surface area contributed by atoms with E-state index in [1.807, 2.05) is 13.8 Å². The first kappa shape index (κ1) is 13.6. The van der Waals surface area contributed by atoms with E-state index in [0.717, 1.165) is 31.1 Å². The van der Waals surface area contributed by atoms with Gasteiger partial charge in [-0.15, -0.1) is 0 Å². The predicted molar refractivity (Wildman–Crippen MR) is 72.7 cm³/mol. The number of hydrogen-bond donors (Lipinski definition) is 1. The Labute approximate surface area is 110 Å². The average Bonchev–Trinajstić information content (AvgIpc) is 2.92. The number of ether oxygens (including phenoxy) is 1. The third kappa shape index (κ3) is 2.96. The van der Waals surface area contributed by atoms with Crippen molar-refractivity contribution in [2.24, 2.45) is 5.92 Å². The third-order valence-electron chi connectivity index (χ3n) is 3.98. The Balaban J connectivity index is 1.88. The summed E-state index contributed by atoms with van der Waals surface area (Å²) in [5.74, 6) is 2.68. The Morgan fingerprint density at radius 1 is 1.44 bits per heavy atom. The van der Waals surface area contributed by atoms with E-state index < -0.39 is 0 Å². The maximum Gasteiger partial charge on any atom is 0.105 e. The van der Waals surface area contributed by atoms with Crippen molar-refractivity contribution in [2.45, 2.75) is 52.7 Å². The molecule has 0 aliphatic carbocycles. The maximum absolute atomic E-state index is 5.72. The molecule has 3 unspecified atom stereocenters. The fourth-order valence-corrected chi connectivity index (χ4v) is 2.90. The summed E-state index contributed by atoms with van der Waals surface area (Å²) in [6.07, 6.45) is 2.74. The molecule has 1 aliphatic rings. The van der Waals surface area contributed by atoms with Crippen LogP contribution in [0.1, 0.15) is 49.8 Å². The van der Waals surface area contributed by atoms with E-state index in [0.29, 0.717) is 18.1 Å². The summed E-state index contributed by atoms with van der Waals surface area (Å²) in [6, 6.07) is 2.48. The number of hydrogen-bond acceptors (Lipinski definition) is 3. The van der Waals surface area contributed by atoms with Crippen LogP contribution in [0.2, 0.25) is 0 Å². The Kier molecular flexibility index (Phi) is 4.46. The number of rotatable bonds is 5. The number of nitrogens with one attached hydrogen (secondary N) is 1. The predicted octanol–water partition coefficient (Wildman–Crippen LogP) is 3.36. The van der Waals surface area contributed by atoms with Crippen LogP contribution >= 0.6 is 0 Å². The summed E-state index contributed by atoms with van der Waals surface area (Å²) in [6.45, 7) is 10.4. The molecule has 0 amide bonds. The smallest absolute Gasteiger partial charge is 0.105 e. The molecule has 1 aromatic heterocycles. The lowest BCUT2D eigenvalue weighted by Crippen LogP contribution is -2.30. The lowest BCUT2D eigenvalue weighted by Gasteiger charge is -2.20. The monoisotopic (exact) mass is 251 g/mol. The first-order valence-electron chi connectivity index (χ1n) is 7.03. The fourth-order valence-electron chi connectivity index (χ4n) is 2.90. The Hall–Kier alpha value is -0.800. The second-order valence-electron chi connectivity index (χ2n) is 5.36. The van der Waals surface area contributed by atoms with Crippen LogP contribution in [0.3, 0.4) is 0 Å². The van der Waals surface area contributed by atoms with E-state index in [1.165, 1.54) is 12.0 Å². The molecule has 1 aliphatic heterocycles. The summed E-state index contributed by atoms with van der Waals surface area (Å²) in [7, 11) is 0. The van der Waals surface area contributed by atoms with Gasteiger partial charge in [0, 0.05) is 24.8 Å². The van der Waals surface area contributed by atoms with Crippen molar-refractivity contribution in [1.29, 1.82) is 0 Å². The van der Waals surface area contributed by atoms with E-state index in [1.54, 1.807) is 0 Å². The molecule has 1 N–H and O–H groups in total. The van der Waals surface area contributed by atoms with E-state index >= 15 is 0 Å². The Morgan fingerprint density at radius 2 is 2.22 bits per heavy atom. The molecule has 1 fully saturated rings. The first-order valence-corrected chi connectivity index (χ1v) is 7.03. The molecule has 102 valence electrons. The van der Waals surface area contributed by atoms with Crippen molar-refractivity contribution >= 4 is 0 Å². The van der Waals surface area contributed by atoms with Gasteiger partial charge >= 0.3 is 0 Å². The molecule has 3 heteroatoms. The summed E-state index contributed by atoms with van der Waals surface area (Å²) in [4.78, 5) is 0. The zero-order valence-electron chi connectivity index (χ0n) is 12.0. The second kappa shape index (κ2) is 5.89. The Bertz CT molecular complexity index is 386. The fraction of sp³-hybridized carbons (Fsp3) is 0.733. The SMILES string of the molecule is CCC1OCCC1CNC(C)c1cc(C)oc1C. The maximum atomic E-state index is 5.72. The quantitative estimate of drug-likeness (QED) is 0.871. The summed E-state index contributed by atoms with van der Waals surface area (Å²) < 4.78 is 11.3. The van der Waals surface area contributed by atoms with Crippen LogP contribution in [0.25, 0.3) is 0 Å². The normalized spacial score (nSPS) is 25.6. The van der Waals surface area contributed by atoms with Crippen LogP contribution in [0, 0.1) is 19.8 Å². The molecule has 0 saturated carbocycles. The molecule has 3 nitrogen and oxygen atoms in total. The zero-order valence-corrected chi connectivity index (χ0v) is 12.0. The minimum atomic E-state index is 0.348. The van der Waals surface area contributed by atoms with E-state index in [4.69, 9.17) is 9.15 Å². The third-order valence-corrected chi connectivity index (χ3v) is 3.98. The molecule has 1 aromatic rings. The van der Waals surface area contributed by atoms with Gasteiger partial charge in [-0.2, -0.15) is 0 Å². The summed E-state index contributed by atoms with van der Waals surface area (Å²) in [5.41, 5.74) is 1.28. The van der Waals surface area contributed by atoms with E-state index in [2.05, 4.69) is 25.2 Å². The molecule has 1 saturated heterocycles. The minimum absolute atomic E-state index is 0.348. The van der Waals surface area contributed by atoms with Gasteiger partial charge in [0.05, 0.1) is 6.10 Å². The molecule has 18 heavy (non-hydrogen) atoms. The minimum Gasteiger partial charge on any atom is -0.466 e. The van der Waals surface area contributed by atoms with Gasteiger partial charge in [0.1, 0.15) is 11.5 Å². The van der Waals surface area contributed by atoms with Crippen molar-refractivity contribution in [1.82, 2.24) is 5.32 Å². The molecule has 0 spiro atoms. The van der Waals surface area contributed by atoms with Crippen LogP contribution in [-0.2, 0) is 4.74 Å². The highest BCUT2D eigenvalue weighted by atomic mass is 16.5. The Morgan fingerprint density at radius 3 is 2.83 bits per heavy atom. The van der Waals surface area contributed by atoms with Crippen molar-refractivity contribution in [3.8, 4) is 0 Å². The van der Waals surface area contributed by atoms with Gasteiger partial charge in [-0.3, -0.25) is 0 Å². The van der Waals surface area contributed by atoms with Gasteiger partial charge in [-0.25, -0.2) is 0 Å². The van der Waals surface area contributed by atoms with Gasteiger partial charge in [-0.1, -0.05) is 6.92 Å². The lowest BCUT2D eigenvalue weighted by atomic mass is 9.99. The van der Waals surface area contributed by atoms with Crippen LogP contribution < -0.4 is 5.32 Å². The van der Waals surface area contributed by atoms with Gasteiger partial charge in [-0.05, 0) is 45.6 Å². The molecule has 0 bridgehead atoms. The van der Waals surface area contributed by atoms with Gasteiger partial charge in [0.15, 0.2) is 0 Å². The first-order chi connectivity index (χ1) is 8.61. The lowest BCUT2D eigenvalue weighted by molar-refractivity contribution is 0.0867. The largest absolute Gasteiger partial charge is 0.466 e. The summed E-state index contributed by atoms with van der Waals surface area (Å²) >= 11 is 0. The van der Waals surface area contributed by atoms with Crippen molar-refractivity contribution in [2.75, 3.05) is 13.2 Å². The molecule has 2 heterocycles. The van der Waals surface area contributed by atoms with Crippen LogP contribution in [0.15, 0.2) is 10.5 Å². The van der Waals surface area contributed by atoms with Crippen LogP contribution in [0.4, 0.5) is 0 Å². The molecule has 3 atom stereocenters. The average molecular weight is 251 g/mol. The van der Waals surface area contributed by atoms with Crippen molar-refractivity contribution in [3.05, 3.63) is 23.2 Å². The molecular formula is C15H25NO2. The van der Waals surface area contributed by atoms with E-state index in [9.17, 15) is 0 Å². The number of aryl methyl sites for hydroxylation is 2. The highest BCUT2D eigenvalue weighted by Crippen LogP contribution is 2.25. The standard InChI is InChI=1S/C15H25NO2/c1-5-15-13(6-7-17-15)9-16-11(3)14-8-10(2)18-12(14)4/h8,11,13,15-16H,5-7,9H2,1-4H3. The highest BCUT2D eigenvalue weighted by Gasteiger charge is 2.27. The molecule has 0 aromatic carbocycles. The highest BCUT2D eigenvalue weighted by molar-refractivity contribution is 5.23. The molecule has 0 radical (unpaired) electrons. The van der Waals surface area contributed by atoms with Crippen LogP contribution in [-0.4, -0.2) is 19.3 Å². The summed E-state index contributed by atoms with van der Waals surface area (Å²) in [5, 5.41) is 3.62. The molecular weight excluding hydrogens is 226 g/mol. The van der Waals surface area contributed by atoms with Crippen LogP contribution in [0.5, 0.6) is 0 Å². The van der Waals surface area contributed by atoms with Crippen molar-refractivity contribution in [3.63, 3.8) is 0 Å². The van der Waals surface area contributed by atoms with Gasteiger partial charge in [0.2, 0.25) is 0 Å². The zero-order chi connectivity index (χ0) is 13.1.